The standard InChI is InChI=1S/C19H24N2O6S/c1-4-26-19(23)13-6-5-9-21(12-13)18(22)17-11-14-10-15(7-8-16(14)27-17)28(24,25)20(2)3/h7-8,10-11,13H,4-6,9,12H2,1-3H3. The van der Waals surface area contributed by atoms with Gasteiger partial charge < -0.3 is 14.1 Å². The maximum atomic E-state index is 12.8. The second-order valence-electron chi connectivity index (χ2n) is 6.94. The SMILES string of the molecule is CCOC(=O)C1CCCN(C(=O)c2cc3cc(S(=O)(=O)N(C)C)ccc3o2)C1. The molecule has 1 saturated heterocycles. The van der Waals surface area contributed by atoms with Gasteiger partial charge in [0.2, 0.25) is 10.0 Å². The van der Waals surface area contributed by atoms with Crippen molar-refractivity contribution < 1.29 is 27.2 Å². The first-order valence-electron chi connectivity index (χ1n) is 9.16. The topological polar surface area (TPSA) is 97.1 Å². The number of carbonyl (C=O) groups excluding carboxylic acids is 2. The van der Waals surface area contributed by atoms with E-state index in [0.29, 0.717) is 37.0 Å². The Bertz CT molecular complexity index is 995. The fourth-order valence-electron chi connectivity index (χ4n) is 3.27. The molecular weight excluding hydrogens is 384 g/mol. The van der Waals surface area contributed by atoms with E-state index in [9.17, 15) is 18.0 Å². The number of rotatable bonds is 5. The van der Waals surface area contributed by atoms with Crippen LogP contribution in [0.4, 0.5) is 0 Å². The number of likely N-dealkylation sites (tertiary alicyclic amines) is 1. The summed E-state index contributed by atoms with van der Waals surface area (Å²) in [7, 11) is -0.660. The van der Waals surface area contributed by atoms with Crippen molar-refractivity contribution in [1.29, 1.82) is 0 Å². The Hall–Kier alpha value is -2.39. The monoisotopic (exact) mass is 408 g/mol. The van der Waals surface area contributed by atoms with E-state index in [-0.39, 0.29) is 35.0 Å². The zero-order chi connectivity index (χ0) is 20.5. The molecule has 0 spiro atoms. The van der Waals surface area contributed by atoms with Crippen LogP contribution in [0.2, 0.25) is 0 Å². The fourth-order valence-corrected chi connectivity index (χ4v) is 4.21. The number of sulfonamides is 1. The van der Waals surface area contributed by atoms with E-state index in [1.807, 2.05) is 0 Å². The Kier molecular flexibility index (Phi) is 5.76. The molecule has 1 aliphatic rings. The third-order valence-corrected chi connectivity index (χ3v) is 6.62. The van der Waals surface area contributed by atoms with Gasteiger partial charge in [0.1, 0.15) is 5.58 Å². The molecule has 1 fully saturated rings. The number of fused-ring (bicyclic) bond motifs is 1. The van der Waals surface area contributed by atoms with Crippen molar-refractivity contribution >= 4 is 32.9 Å². The minimum Gasteiger partial charge on any atom is -0.466 e. The highest BCUT2D eigenvalue weighted by molar-refractivity contribution is 7.89. The lowest BCUT2D eigenvalue weighted by atomic mass is 9.98. The third-order valence-electron chi connectivity index (χ3n) is 4.81. The van der Waals surface area contributed by atoms with Gasteiger partial charge in [0.05, 0.1) is 17.4 Å². The van der Waals surface area contributed by atoms with Crippen molar-refractivity contribution in [3.63, 3.8) is 0 Å². The summed E-state index contributed by atoms with van der Waals surface area (Å²) in [5.74, 6) is -0.817. The number of ether oxygens (including phenoxy) is 1. The van der Waals surface area contributed by atoms with Gasteiger partial charge in [-0.3, -0.25) is 9.59 Å². The molecule has 9 heteroatoms. The van der Waals surface area contributed by atoms with E-state index >= 15 is 0 Å². The molecule has 28 heavy (non-hydrogen) atoms. The minimum atomic E-state index is -3.58. The van der Waals surface area contributed by atoms with Gasteiger partial charge in [0, 0.05) is 32.6 Å². The first-order valence-corrected chi connectivity index (χ1v) is 10.6. The second kappa shape index (κ2) is 7.92. The van der Waals surface area contributed by atoms with Crippen molar-refractivity contribution in [2.45, 2.75) is 24.7 Å². The molecule has 1 aromatic heterocycles. The fraction of sp³-hybridized carbons (Fsp3) is 0.474. The molecule has 0 radical (unpaired) electrons. The Morgan fingerprint density at radius 2 is 2.04 bits per heavy atom. The van der Waals surface area contributed by atoms with Crippen LogP contribution in [0.1, 0.15) is 30.3 Å². The smallest absolute Gasteiger partial charge is 0.310 e. The predicted octanol–water partition coefficient (Wildman–Crippen LogP) is 2.10. The molecule has 0 bridgehead atoms. The number of hydrogen-bond acceptors (Lipinski definition) is 6. The van der Waals surface area contributed by atoms with Gasteiger partial charge in [-0.1, -0.05) is 0 Å². The van der Waals surface area contributed by atoms with Gasteiger partial charge >= 0.3 is 5.97 Å². The van der Waals surface area contributed by atoms with E-state index < -0.39 is 10.0 Å². The molecule has 1 aromatic carbocycles. The molecule has 2 heterocycles. The normalized spacial score (nSPS) is 17.9. The summed E-state index contributed by atoms with van der Waals surface area (Å²) in [6.07, 6.45) is 1.40. The first-order chi connectivity index (χ1) is 13.2. The Balaban J connectivity index is 1.83. The quantitative estimate of drug-likeness (QED) is 0.703. The van der Waals surface area contributed by atoms with Crippen LogP contribution < -0.4 is 0 Å². The Morgan fingerprint density at radius 3 is 2.71 bits per heavy atom. The summed E-state index contributed by atoms with van der Waals surface area (Å²) in [5, 5.41) is 0.533. The zero-order valence-electron chi connectivity index (χ0n) is 16.2. The molecule has 1 atom stereocenters. The van der Waals surface area contributed by atoms with Crippen LogP contribution in [-0.2, 0) is 19.6 Å². The Morgan fingerprint density at radius 1 is 1.29 bits per heavy atom. The van der Waals surface area contributed by atoms with Crippen LogP contribution in [0.3, 0.4) is 0 Å². The van der Waals surface area contributed by atoms with E-state index in [2.05, 4.69) is 0 Å². The van der Waals surface area contributed by atoms with Gasteiger partial charge in [-0.15, -0.1) is 0 Å². The van der Waals surface area contributed by atoms with Crippen LogP contribution in [-0.4, -0.2) is 63.3 Å². The summed E-state index contributed by atoms with van der Waals surface area (Å²) >= 11 is 0. The molecule has 152 valence electrons. The van der Waals surface area contributed by atoms with Crippen molar-refractivity contribution in [3.8, 4) is 0 Å². The number of carbonyl (C=O) groups is 2. The predicted molar refractivity (Wildman–Crippen MR) is 102 cm³/mol. The summed E-state index contributed by atoms with van der Waals surface area (Å²) in [6, 6.07) is 6.02. The first kappa shape index (κ1) is 20.3. The highest BCUT2D eigenvalue weighted by Crippen LogP contribution is 2.26. The molecule has 3 rings (SSSR count). The highest BCUT2D eigenvalue weighted by atomic mass is 32.2. The molecule has 0 N–H and O–H groups in total. The van der Waals surface area contributed by atoms with Crippen molar-refractivity contribution in [2.24, 2.45) is 5.92 Å². The largest absolute Gasteiger partial charge is 0.466 e. The van der Waals surface area contributed by atoms with E-state index in [1.165, 1.54) is 26.2 Å². The number of benzene rings is 1. The molecule has 1 unspecified atom stereocenters. The molecule has 0 aliphatic carbocycles. The summed E-state index contributed by atoms with van der Waals surface area (Å²) in [4.78, 5) is 26.5. The van der Waals surface area contributed by atoms with Crippen molar-refractivity contribution in [1.82, 2.24) is 9.21 Å². The lowest BCUT2D eigenvalue weighted by Crippen LogP contribution is -2.42. The highest BCUT2D eigenvalue weighted by Gasteiger charge is 2.31. The summed E-state index contributed by atoms with van der Waals surface area (Å²) in [6.45, 7) is 2.88. The van der Waals surface area contributed by atoms with Crippen molar-refractivity contribution in [2.75, 3.05) is 33.8 Å². The zero-order valence-corrected chi connectivity index (χ0v) is 17.0. The van der Waals surface area contributed by atoms with Crippen molar-refractivity contribution in [3.05, 3.63) is 30.0 Å². The average molecular weight is 408 g/mol. The molecule has 8 nitrogen and oxygen atoms in total. The number of piperidine rings is 1. The lowest BCUT2D eigenvalue weighted by molar-refractivity contribution is -0.149. The van der Waals surface area contributed by atoms with Gasteiger partial charge in [-0.05, 0) is 44.0 Å². The number of nitrogens with zero attached hydrogens (tertiary/aromatic N) is 2. The van der Waals surface area contributed by atoms with Crippen LogP contribution in [0.5, 0.6) is 0 Å². The summed E-state index contributed by atoms with van der Waals surface area (Å²) < 4.78 is 36.4. The number of amides is 1. The lowest BCUT2D eigenvalue weighted by Gasteiger charge is -2.30. The Labute approximate surface area is 164 Å². The van der Waals surface area contributed by atoms with Crippen LogP contribution in [0.25, 0.3) is 11.0 Å². The second-order valence-corrected chi connectivity index (χ2v) is 9.09. The summed E-state index contributed by atoms with van der Waals surface area (Å²) in [5.41, 5.74) is 0.431. The van der Waals surface area contributed by atoms with E-state index in [1.54, 1.807) is 24.0 Å². The van der Waals surface area contributed by atoms with Crippen LogP contribution >= 0.6 is 0 Å². The number of hydrogen-bond donors (Lipinski definition) is 0. The maximum absolute atomic E-state index is 12.8. The molecule has 2 aromatic rings. The maximum Gasteiger partial charge on any atom is 0.310 e. The van der Waals surface area contributed by atoms with Gasteiger partial charge in [-0.25, -0.2) is 12.7 Å². The molecule has 1 aliphatic heterocycles. The minimum absolute atomic E-state index is 0.124. The number of furan rings is 1. The van der Waals surface area contributed by atoms with Crippen LogP contribution in [0.15, 0.2) is 33.6 Å². The third kappa shape index (κ3) is 3.90. The molecule has 0 saturated carbocycles. The van der Waals surface area contributed by atoms with Gasteiger partial charge in [0.25, 0.3) is 5.91 Å². The van der Waals surface area contributed by atoms with Gasteiger partial charge in [-0.2, -0.15) is 0 Å². The van der Waals surface area contributed by atoms with Crippen LogP contribution in [0, 0.1) is 5.92 Å². The van der Waals surface area contributed by atoms with Gasteiger partial charge in [0.15, 0.2) is 5.76 Å². The van der Waals surface area contributed by atoms with E-state index in [0.717, 1.165) is 4.31 Å². The number of esters is 1. The average Bonchev–Trinajstić information content (AvgIpc) is 3.10. The molecule has 1 amide bonds. The molecular formula is C19H24N2O6S. The van der Waals surface area contributed by atoms with E-state index in [4.69, 9.17) is 9.15 Å².